The van der Waals surface area contributed by atoms with E-state index >= 15 is 0 Å². The fourth-order valence-electron chi connectivity index (χ4n) is 5.51. The van der Waals surface area contributed by atoms with E-state index in [0.29, 0.717) is 25.5 Å². The van der Waals surface area contributed by atoms with Gasteiger partial charge in [-0.1, -0.05) is 36.4 Å². The summed E-state index contributed by atoms with van der Waals surface area (Å²) >= 11 is 0. The summed E-state index contributed by atoms with van der Waals surface area (Å²) in [5.74, 6) is 1.22. The van der Waals surface area contributed by atoms with Gasteiger partial charge in [0.05, 0.1) is 25.4 Å². The molecule has 2 atom stereocenters. The largest absolute Gasteiger partial charge is 0.494 e. The maximum absolute atomic E-state index is 11.1. The van der Waals surface area contributed by atoms with Crippen LogP contribution in [0.1, 0.15) is 81.7 Å². The molecule has 0 aromatic heterocycles. The first-order valence-electron chi connectivity index (χ1n) is 13.8. The molecule has 2 aromatic carbocycles. The van der Waals surface area contributed by atoms with Crippen LogP contribution in [0.5, 0.6) is 5.75 Å². The molecule has 6 heteroatoms. The summed E-state index contributed by atoms with van der Waals surface area (Å²) in [4.78, 5) is 11.1. The van der Waals surface area contributed by atoms with Crippen molar-refractivity contribution in [2.45, 2.75) is 90.4 Å². The van der Waals surface area contributed by atoms with Crippen molar-refractivity contribution in [2.75, 3.05) is 19.8 Å². The van der Waals surface area contributed by atoms with Crippen LogP contribution >= 0.6 is 0 Å². The SMILES string of the molecule is CCOc1cccc([C@@H](C)OC[C@H](O)CNC(C)(C)CC2Cc3ccccc3C2)c1CCCCC(N)=O. The minimum atomic E-state index is -0.600. The standard InChI is InChI=1S/C31H46N2O4/c1-5-36-29-15-10-14-27(28(29)13-8-9-16-30(32)35)22(2)37-21-26(34)20-33-31(3,4)19-23-17-24-11-6-7-12-25(24)18-23/h6-7,10-12,14-15,22-23,26,33-34H,5,8-9,13,16-21H2,1-4H3,(H2,32,35)/t22-,26-/m1/s1. The van der Waals surface area contributed by atoms with Gasteiger partial charge in [-0.25, -0.2) is 0 Å². The van der Waals surface area contributed by atoms with E-state index in [0.717, 1.165) is 55.4 Å². The number of hydrogen-bond acceptors (Lipinski definition) is 5. The predicted octanol–water partition coefficient (Wildman–Crippen LogP) is 4.90. The Balaban J connectivity index is 1.49. The number of nitrogens with one attached hydrogen (secondary N) is 1. The number of β-amino-alcohol motifs (C(OH)–C–C–N with tert-alkyl or cyclic N) is 1. The first kappa shape index (κ1) is 29.2. The molecule has 0 fully saturated rings. The molecule has 1 amide bonds. The predicted molar refractivity (Wildman–Crippen MR) is 149 cm³/mol. The summed E-state index contributed by atoms with van der Waals surface area (Å²) in [7, 11) is 0. The number of benzene rings is 2. The maximum Gasteiger partial charge on any atom is 0.217 e. The lowest BCUT2D eigenvalue weighted by Crippen LogP contribution is -2.45. The molecule has 0 heterocycles. The normalized spacial score (nSPS) is 15.4. The lowest BCUT2D eigenvalue weighted by atomic mass is 9.88. The van der Waals surface area contributed by atoms with Crippen LogP contribution in [0, 0.1) is 5.92 Å². The number of unbranched alkanes of at least 4 members (excludes halogenated alkanes) is 1. The number of carbonyl (C=O) groups is 1. The van der Waals surface area contributed by atoms with E-state index in [1.165, 1.54) is 11.1 Å². The van der Waals surface area contributed by atoms with E-state index in [1.54, 1.807) is 0 Å². The van der Waals surface area contributed by atoms with Gasteiger partial charge in [-0.05, 0) is 100 Å². The third kappa shape index (κ3) is 9.13. The number of aliphatic hydroxyl groups excluding tert-OH is 1. The van der Waals surface area contributed by atoms with Gasteiger partial charge in [0, 0.05) is 18.5 Å². The quantitative estimate of drug-likeness (QED) is 0.280. The summed E-state index contributed by atoms with van der Waals surface area (Å²) in [6, 6.07) is 14.8. The monoisotopic (exact) mass is 510 g/mol. The number of nitrogens with two attached hydrogens (primary N) is 1. The fourth-order valence-corrected chi connectivity index (χ4v) is 5.51. The molecule has 204 valence electrons. The van der Waals surface area contributed by atoms with Gasteiger partial charge in [-0.3, -0.25) is 4.79 Å². The van der Waals surface area contributed by atoms with E-state index in [9.17, 15) is 9.90 Å². The van der Waals surface area contributed by atoms with Crippen molar-refractivity contribution in [2.24, 2.45) is 11.7 Å². The Hall–Kier alpha value is -2.41. The lowest BCUT2D eigenvalue weighted by molar-refractivity contribution is -0.118. The fraction of sp³-hybridized carbons (Fsp3) is 0.581. The van der Waals surface area contributed by atoms with Crippen molar-refractivity contribution >= 4 is 5.91 Å². The van der Waals surface area contributed by atoms with Gasteiger partial charge in [-0.2, -0.15) is 0 Å². The van der Waals surface area contributed by atoms with E-state index in [-0.39, 0.29) is 24.2 Å². The highest BCUT2D eigenvalue weighted by Gasteiger charge is 2.28. The highest BCUT2D eigenvalue weighted by molar-refractivity contribution is 5.73. The first-order valence-corrected chi connectivity index (χ1v) is 13.8. The number of aliphatic hydroxyl groups is 1. The second-order valence-corrected chi connectivity index (χ2v) is 11.1. The van der Waals surface area contributed by atoms with Gasteiger partial charge in [0.25, 0.3) is 0 Å². The van der Waals surface area contributed by atoms with Gasteiger partial charge >= 0.3 is 0 Å². The second kappa shape index (κ2) is 13.9. The molecule has 2 aromatic rings. The van der Waals surface area contributed by atoms with Gasteiger partial charge < -0.3 is 25.6 Å². The molecule has 37 heavy (non-hydrogen) atoms. The summed E-state index contributed by atoms with van der Waals surface area (Å²) < 4.78 is 12.0. The van der Waals surface area contributed by atoms with Crippen molar-refractivity contribution in [1.82, 2.24) is 5.32 Å². The molecule has 0 radical (unpaired) electrons. The summed E-state index contributed by atoms with van der Waals surface area (Å²) in [6.07, 6.45) is 5.32. The minimum absolute atomic E-state index is 0.0663. The van der Waals surface area contributed by atoms with Crippen LogP contribution in [-0.2, 0) is 28.8 Å². The number of carbonyl (C=O) groups excluding carboxylic acids is 1. The molecule has 1 aliphatic carbocycles. The topological polar surface area (TPSA) is 93.8 Å². The molecule has 6 nitrogen and oxygen atoms in total. The van der Waals surface area contributed by atoms with Crippen molar-refractivity contribution in [3.05, 3.63) is 64.7 Å². The van der Waals surface area contributed by atoms with E-state index in [2.05, 4.69) is 49.5 Å². The molecule has 1 aliphatic rings. The van der Waals surface area contributed by atoms with Crippen LogP contribution in [0.4, 0.5) is 0 Å². The van der Waals surface area contributed by atoms with Crippen LogP contribution in [0.3, 0.4) is 0 Å². The lowest BCUT2D eigenvalue weighted by Gasteiger charge is -2.31. The zero-order chi connectivity index (χ0) is 26.8. The average Bonchev–Trinajstić information content (AvgIpc) is 3.26. The van der Waals surface area contributed by atoms with Crippen LogP contribution in [0.2, 0.25) is 0 Å². The molecule has 3 rings (SSSR count). The minimum Gasteiger partial charge on any atom is -0.494 e. The summed E-state index contributed by atoms with van der Waals surface area (Å²) in [5.41, 5.74) is 10.3. The molecule has 0 saturated heterocycles. The summed E-state index contributed by atoms with van der Waals surface area (Å²) in [5, 5.41) is 14.3. The Morgan fingerprint density at radius 2 is 1.84 bits per heavy atom. The number of ether oxygens (including phenoxy) is 2. The molecule has 0 saturated carbocycles. The number of rotatable bonds is 16. The smallest absolute Gasteiger partial charge is 0.217 e. The van der Waals surface area contributed by atoms with Gasteiger partial charge in [0.2, 0.25) is 5.91 Å². The number of primary amides is 1. The van der Waals surface area contributed by atoms with Gasteiger partial charge in [0.15, 0.2) is 0 Å². The Kier molecular flexibility index (Phi) is 11.0. The number of hydrogen-bond donors (Lipinski definition) is 3. The molecule has 0 spiro atoms. The van der Waals surface area contributed by atoms with Crippen molar-refractivity contribution in [1.29, 1.82) is 0 Å². The molecule has 4 N–H and O–H groups in total. The Morgan fingerprint density at radius 1 is 1.14 bits per heavy atom. The van der Waals surface area contributed by atoms with E-state index in [4.69, 9.17) is 15.2 Å². The third-order valence-corrected chi connectivity index (χ3v) is 7.30. The van der Waals surface area contributed by atoms with Crippen LogP contribution in [-0.4, -0.2) is 42.4 Å². The van der Waals surface area contributed by atoms with Crippen molar-refractivity contribution < 1.29 is 19.4 Å². The van der Waals surface area contributed by atoms with Gasteiger partial charge in [-0.15, -0.1) is 0 Å². The Morgan fingerprint density at radius 3 is 2.49 bits per heavy atom. The Labute approximate surface area is 222 Å². The van der Waals surface area contributed by atoms with E-state index in [1.807, 2.05) is 26.0 Å². The van der Waals surface area contributed by atoms with E-state index < -0.39 is 6.10 Å². The zero-order valence-electron chi connectivity index (χ0n) is 23.1. The Bertz CT molecular complexity index is 981. The molecule has 0 aliphatic heterocycles. The highest BCUT2D eigenvalue weighted by Crippen LogP contribution is 2.32. The number of fused-ring (bicyclic) bond motifs is 1. The highest BCUT2D eigenvalue weighted by atomic mass is 16.5. The summed E-state index contributed by atoms with van der Waals surface area (Å²) in [6.45, 7) is 9.74. The van der Waals surface area contributed by atoms with Crippen molar-refractivity contribution in [3.8, 4) is 5.75 Å². The van der Waals surface area contributed by atoms with Gasteiger partial charge in [0.1, 0.15) is 5.75 Å². The number of amides is 1. The van der Waals surface area contributed by atoms with Crippen LogP contribution < -0.4 is 15.8 Å². The zero-order valence-corrected chi connectivity index (χ0v) is 23.1. The average molecular weight is 511 g/mol. The maximum atomic E-state index is 11.1. The molecular formula is C31H46N2O4. The first-order chi connectivity index (χ1) is 17.7. The van der Waals surface area contributed by atoms with Crippen molar-refractivity contribution in [3.63, 3.8) is 0 Å². The van der Waals surface area contributed by atoms with Crippen LogP contribution in [0.15, 0.2) is 42.5 Å². The molecular weight excluding hydrogens is 464 g/mol. The molecule has 0 unspecified atom stereocenters. The second-order valence-electron chi connectivity index (χ2n) is 11.1. The van der Waals surface area contributed by atoms with Crippen LogP contribution in [0.25, 0.3) is 0 Å². The third-order valence-electron chi connectivity index (χ3n) is 7.30. The molecule has 0 bridgehead atoms.